The molecule has 2 heterocycles. The van der Waals surface area contributed by atoms with Crippen LogP contribution in [-0.4, -0.2) is 35.7 Å². The van der Waals surface area contributed by atoms with Crippen LogP contribution in [0.3, 0.4) is 0 Å². The summed E-state index contributed by atoms with van der Waals surface area (Å²) in [5.41, 5.74) is -0.461. The Morgan fingerprint density at radius 3 is 2.91 bits per heavy atom. The fourth-order valence-electron chi connectivity index (χ4n) is 2.58. The van der Waals surface area contributed by atoms with E-state index in [-0.39, 0.29) is 12.1 Å². The van der Waals surface area contributed by atoms with Gasteiger partial charge in [-0.2, -0.15) is 5.26 Å². The molecule has 0 aromatic carbocycles. The van der Waals surface area contributed by atoms with E-state index < -0.39 is 5.60 Å². The lowest BCUT2D eigenvalue weighted by Crippen LogP contribution is -2.44. The van der Waals surface area contributed by atoms with Crippen LogP contribution in [-0.2, 0) is 11.3 Å². The van der Waals surface area contributed by atoms with Gasteiger partial charge in [0.05, 0.1) is 0 Å². The van der Waals surface area contributed by atoms with Crippen LogP contribution in [0.5, 0.6) is 0 Å². The lowest BCUT2D eigenvalue weighted by molar-refractivity contribution is 0.0243. The number of likely N-dealkylation sites (tertiary alicyclic amines) is 1. The zero-order chi connectivity index (χ0) is 16.9. The third kappa shape index (κ3) is 5.85. The van der Waals surface area contributed by atoms with Crippen molar-refractivity contribution in [1.82, 2.24) is 10.2 Å². The summed E-state index contributed by atoms with van der Waals surface area (Å²) in [5, 5.41) is 12.4. The molecule has 2 rings (SSSR count). The summed E-state index contributed by atoms with van der Waals surface area (Å²) in [7, 11) is 0. The summed E-state index contributed by atoms with van der Waals surface area (Å²) >= 11 is 1.51. The van der Waals surface area contributed by atoms with Gasteiger partial charge in [-0.15, -0.1) is 11.3 Å². The van der Waals surface area contributed by atoms with Gasteiger partial charge in [0.15, 0.2) is 0 Å². The summed E-state index contributed by atoms with van der Waals surface area (Å²) in [6.45, 7) is 7.83. The molecule has 0 radical (unpaired) electrons. The maximum absolute atomic E-state index is 12.3. The molecule has 1 N–H and O–H groups in total. The van der Waals surface area contributed by atoms with E-state index >= 15 is 0 Å². The number of hydrogen-bond acceptors (Lipinski definition) is 5. The van der Waals surface area contributed by atoms with Gasteiger partial charge in [0.25, 0.3) is 0 Å². The molecule has 126 valence electrons. The van der Waals surface area contributed by atoms with E-state index in [1.807, 2.05) is 37.8 Å². The number of amides is 1. The maximum atomic E-state index is 12.3. The Bertz CT molecular complexity index is 571. The van der Waals surface area contributed by atoms with E-state index in [1.165, 1.54) is 11.3 Å². The molecule has 6 heteroatoms. The highest BCUT2D eigenvalue weighted by molar-refractivity contribution is 7.12. The molecule has 0 spiro atoms. The standard InChI is InChI=1S/C17H25N3O2S/c1-17(2,3)22-16(21)20-9-5-4-6-13(12-20)19-11-15-8-7-14(10-18)23-15/h7-8,13,19H,4-6,9,11-12H2,1-3H3. The van der Waals surface area contributed by atoms with Crippen LogP contribution in [0.25, 0.3) is 0 Å². The Morgan fingerprint density at radius 1 is 1.48 bits per heavy atom. The van der Waals surface area contributed by atoms with E-state index in [0.29, 0.717) is 6.54 Å². The number of carbonyl (C=O) groups excluding carboxylic acids is 1. The monoisotopic (exact) mass is 335 g/mol. The summed E-state index contributed by atoms with van der Waals surface area (Å²) in [6.07, 6.45) is 2.93. The third-order valence-electron chi connectivity index (χ3n) is 3.66. The molecule has 5 nitrogen and oxygen atoms in total. The van der Waals surface area contributed by atoms with E-state index in [9.17, 15) is 4.79 Å². The van der Waals surface area contributed by atoms with Crippen LogP contribution >= 0.6 is 11.3 Å². The number of hydrogen-bond donors (Lipinski definition) is 1. The van der Waals surface area contributed by atoms with Gasteiger partial charge >= 0.3 is 6.09 Å². The van der Waals surface area contributed by atoms with Gasteiger partial charge in [0.2, 0.25) is 0 Å². The van der Waals surface area contributed by atoms with Crippen LogP contribution in [0.1, 0.15) is 49.8 Å². The minimum absolute atomic E-state index is 0.228. The molecule has 1 aliphatic heterocycles. The first-order chi connectivity index (χ1) is 10.9. The molecule has 0 aliphatic carbocycles. The van der Waals surface area contributed by atoms with Crippen molar-refractivity contribution in [2.24, 2.45) is 0 Å². The first-order valence-electron chi connectivity index (χ1n) is 8.07. The number of rotatable bonds is 3. The van der Waals surface area contributed by atoms with Crippen molar-refractivity contribution < 1.29 is 9.53 Å². The second-order valence-electron chi connectivity index (χ2n) is 6.88. The molecule has 0 bridgehead atoms. The topological polar surface area (TPSA) is 65.4 Å². The molecule has 1 fully saturated rings. The highest BCUT2D eigenvalue weighted by Gasteiger charge is 2.26. The van der Waals surface area contributed by atoms with Crippen molar-refractivity contribution in [3.8, 4) is 6.07 Å². The van der Waals surface area contributed by atoms with Crippen molar-refractivity contribution in [1.29, 1.82) is 5.26 Å². The zero-order valence-corrected chi connectivity index (χ0v) is 14.9. The van der Waals surface area contributed by atoms with E-state index in [1.54, 1.807) is 0 Å². The first kappa shape index (κ1) is 17.8. The number of carbonyl (C=O) groups is 1. The van der Waals surface area contributed by atoms with E-state index in [0.717, 1.165) is 42.1 Å². The van der Waals surface area contributed by atoms with Crippen LogP contribution in [0.4, 0.5) is 4.79 Å². The van der Waals surface area contributed by atoms with Gasteiger partial charge in [0.1, 0.15) is 16.5 Å². The van der Waals surface area contributed by atoms with Crippen molar-refractivity contribution in [2.75, 3.05) is 13.1 Å². The van der Waals surface area contributed by atoms with E-state index in [4.69, 9.17) is 10.00 Å². The highest BCUT2D eigenvalue weighted by atomic mass is 32.1. The highest BCUT2D eigenvalue weighted by Crippen LogP contribution is 2.18. The normalized spacial score (nSPS) is 19.0. The number of ether oxygens (including phenoxy) is 1. The van der Waals surface area contributed by atoms with Gasteiger partial charge in [-0.1, -0.05) is 6.42 Å². The molecule has 1 unspecified atom stereocenters. The van der Waals surface area contributed by atoms with E-state index in [2.05, 4.69) is 11.4 Å². The number of nitrogens with zero attached hydrogens (tertiary/aromatic N) is 2. The fraction of sp³-hybridized carbons (Fsp3) is 0.647. The van der Waals surface area contributed by atoms with Crippen LogP contribution in [0.15, 0.2) is 12.1 Å². The molecule has 0 saturated carbocycles. The smallest absolute Gasteiger partial charge is 0.410 e. The second-order valence-corrected chi connectivity index (χ2v) is 8.05. The molecule has 23 heavy (non-hydrogen) atoms. The van der Waals surface area contributed by atoms with Gasteiger partial charge in [-0.25, -0.2) is 4.79 Å². The molecule has 1 aliphatic rings. The number of nitrogens with one attached hydrogen (secondary N) is 1. The summed E-state index contributed by atoms with van der Waals surface area (Å²) < 4.78 is 5.49. The van der Waals surface area contributed by atoms with Gasteiger partial charge in [-0.3, -0.25) is 0 Å². The Morgan fingerprint density at radius 2 is 2.26 bits per heavy atom. The maximum Gasteiger partial charge on any atom is 0.410 e. The Kier molecular flexibility index (Phi) is 6.03. The van der Waals surface area contributed by atoms with Gasteiger partial charge < -0.3 is 15.0 Å². The quantitative estimate of drug-likeness (QED) is 0.918. The van der Waals surface area contributed by atoms with Crippen molar-refractivity contribution >= 4 is 17.4 Å². The molecular formula is C17H25N3O2S. The summed E-state index contributed by atoms with van der Waals surface area (Å²) in [6, 6.07) is 6.26. The Hall–Kier alpha value is -1.58. The van der Waals surface area contributed by atoms with Crippen molar-refractivity contribution in [3.05, 3.63) is 21.9 Å². The largest absolute Gasteiger partial charge is 0.444 e. The van der Waals surface area contributed by atoms with Crippen LogP contribution < -0.4 is 5.32 Å². The van der Waals surface area contributed by atoms with Crippen molar-refractivity contribution in [3.63, 3.8) is 0 Å². The SMILES string of the molecule is CC(C)(C)OC(=O)N1CCCCC(NCc2ccc(C#N)s2)C1. The summed E-state index contributed by atoms with van der Waals surface area (Å²) in [4.78, 5) is 16.0. The zero-order valence-electron chi connectivity index (χ0n) is 14.1. The average molecular weight is 335 g/mol. The number of nitriles is 1. The van der Waals surface area contributed by atoms with Crippen LogP contribution in [0, 0.1) is 11.3 Å². The predicted molar refractivity (Wildman–Crippen MR) is 91.3 cm³/mol. The summed E-state index contributed by atoms with van der Waals surface area (Å²) in [5.74, 6) is 0. The minimum atomic E-state index is -0.461. The third-order valence-corrected chi connectivity index (χ3v) is 4.65. The molecule has 1 aromatic heterocycles. The average Bonchev–Trinajstić information content (AvgIpc) is 2.80. The fourth-order valence-corrected chi connectivity index (χ4v) is 3.33. The predicted octanol–water partition coefficient (Wildman–Crippen LogP) is 3.50. The lowest BCUT2D eigenvalue weighted by atomic mass is 10.1. The van der Waals surface area contributed by atoms with Gasteiger partial charge in [-0.05, 0) is 45.7 Å². The second kappa shape index (κ2) is 7.80. The molecule has 1 atom stereocenters. The first-order valence-corrected chi connectivity index (χ1v) is 8.89. The molecule has 1 aromatic rings. The Labute approximate surface area is 142 Å². The van der Waals surface area contributed by atoms with Crippen LogP contribution in [0.2, 0.25) is 0 Å². The minimum Gasteiger partial charge on any atom is -0.444 e. The van der Waals surface area contributed by atoms with Crippen molar-refractivity contribution in [2.45, 2.75) is 58.2 Å². The lowest BCUT2D eigenvalue weighted by Gasteiger charge is -2.28. The molecule has 1 amide bonds. The van der Waals surface area contributed by atoms with Gasteiger partial charge in [0, 0.05) is 30.6 Å². The number of thiophene rings is 1. The molecule has 1 saturated heterocycles. The Balaban J connectivity index is 1.89. The molecular weight excluding hydrogens is 310 g/mol.